The van der Waals surface area contributed by atoms with Crippen molar-refractivity contribution < 1.29 is 0 Å². The number of fused-ring (bicyclic) bond motifs is 1. The molecule has 17 heavy (non-hydrogen) atoms. The lowest BCUT2D eigenvalue weighted by Gasteiger charge is -2.02. The average Bonchev–Trinajstić information content (AvgIpc) is 2.88. The molecule has 7 heteroatoms. The van der Waals surface area contributed by atoms with Crippen molar-refractivity contribution in [3.05, 3.63) is 33.3 Å². The zero-order valence-corrected chi connectivity index (χ0v) is 11.1. The third-order valence-corrected chi connectivity index (χ3v) is 3.45. The molecule has 3 heterocycles. The van der Waals surface area contributed by atoms with Crippen LogP contribution in [0.4, 0.5) is 5.95 Å². The Morgan fingerprint density at radius 1 is 1.41 bits per heavy atom. The Labute approximate surface area is 109 Å². The van der Waals surface area contributed by atoms with E-state index >= 15 is 0 Å². The Morgan fingerprint density at radius 3 is 3.06 bits per heavy atom. The van der Waals surface area contributed by atoms with E-state index in [0.717, 1.165) is 21.3 Å². The van der Waals surface area contributed by atoms with E-state index in [0.29, 0.717) is 12.5 Å². The van der Waals surface area contributed by atoms with Crippen molar-refractivity contribution in [3.63, 3.8) is 0 Å². The maximum absolute atomic E-state index is 5.89. The van der Waals surface area contributed by atoms with Gasteiger partial charge in [-0.15, -0.1) is 11.3 Å². The number of hydrogen-bond acceptors (Lipinski definition) is 5. The molecular weight excluding hydrogens is 302 g/mol. The van der Waals surface area contributed by atoms with Gasteiger partial charge in [-0.3, -0.25) is 4.57 Å². The molecule has 0 aliphatic heterocycles. The topological polar surface area (TPSA) is 69.6 Å². The molecular formula is C10H8BrN5S. The van der Waals surface area contributed by atoms with Crippen LogP contribution >= 0.6 is 27.3 Å². The fourth-order valence-electron chi connectivity index (χ4n) is 1.64. The molecule has 2 N–H and O–H groups in total. The zero-order chi connectivity index (χ0) is 11.8. The Balaban J connectivity index is 2.12. The highest BCUT2D eigenvalue weighted by Gasteiger charge is 2.10. The third-order valence-electron chi connectivity index (χ3n) is 2.38. The molecule has 0 bridgehead atoms. The van der Waals surface area contributed by atoms with Crippen LogP contribution in [0.5, 0.6) is 0 Å². The van der Waals surface area contributed by atoms with Gasteiger partial charge in [0, 0.05) is 16.0 Å². The second kappa shape index (κ2) is 4.08. The van der Waals surface area contributed by atoms with Crippen molar-refractivity contribution in [2.24, 2.45) is 0 Å². The molecule has 0 saturated carbocycles. The number of halogens is 1. The van der Waals surface area contributed by atoms with Crippen LogP contribution in [0.1, 0.15) is 5.69 Å². The largest absolute Gasteiger partial charge is 0.369 e. The first-order valence-corrected chi connectivity index (χ1v) is 6.62. The summed E-state index contributed by atoms with van der Waals surface area (Å²) in [5.41, 5.74) is 10.2. The van der Waals surface area contributed by atoms with Crippen molar-refractivity contribution in [1.82, 2.24) is 19.5 Å². The molecule has 0 saturated heterocycles. The molecule has 0 spiro atoms. The molecule has 0 aromatic carbocycles. The fraction of sp³-hybridized carbons (Fsp3) is 0.100. The highest BCUT2D eigenvalue weighted by atomic mass is 79.9. The summed E-state index contributed by atoms with van der Waals surface area (Å²) in [5, 5.41) is 1.99. The van der Waals surface area contributed by atoms with Gasteiger partial charge in [0.15, 0.2) is 5.65 Å². The van der Waals surface area contributed by atoms with Gasteiger partial charge in [-0.2, -0.15) is 0 Å². The lowest BCUT2D eigenvalue weighted by molar-refractivity contribution is 0.807. The minimum atomic E-state index is 0.457. The Morgan fingerprint density at radius 2 is 2.29 bits per heavy atom. The SMILES string of the molecule is Nc1nc2cc(Br)cnc2n1Cc1cscn1. The Hall–Kier alpha value is -1.47. The number of imidazole rings is 1. The van der Waals surface area contributed by atoms with Crippen LogP contribution in [0.2, 0.25) is 0 Å². The summed E-state index contributed by atoms with van der Waals surface area (Å²) in [5.74, 6) is 0.457. The van der Waals surface area contributed by atoms with E-state index in [1.54, 1.807) is 23.0 Å². The zero-order valence-electron chi connectivity index (χ0n) is 8.67. The maximum Gasteiger partial charge on any atom is 0.202 e. The summed E-state index contributed by atoms with van der Waals surface area (Å²) in [6, 6.07) is 1.90. The minimum absolute atomic E-state index is 0.457. The molecule has 0 atom stereocenters. The summed E-state index contributed by atoms with van der Waals surface area (Å²) in [7, 11) is 0. The lowest BCUT2D eigenvalue weighted by atomic mass is 10.4. The molecule has 3 rings (SSSR count). The van der Waals surface area contributed by atoms with E-state index in [-0.39, 0.29) is 0 Å². The molecule has 86 valence electrons. The molecule has 5 nitrogen and oxygen atoms in total. The first-order valence-electron chi connectivity index (χ1n) is 4.88. The molecule has 0 fully saturated rings. The van der Waals surface area contributed by atoms with Crippen molar-refractivity contribution in [2.75, 3.05) is 5.73 Å². The second-order valence-electron chi connectivity index (χ2n) is 3.53. The Bertz CT molecular complexity index is 661. The molecule has 0 aliphatic carbocycles. The number of nitrogens with two attached hydrogens (primary N) is 1. The van der Waals surface area contributed by atoms with Crippen LogP contribution in [0.25, 0.3) is 11.2 Å². The molecule has 0 amide bonds. The van der Waals surface area contributed by atoms with Crippen molar-refractivity contribution >= 4 is 44.4 Å². The fourth-order valence-corrected chi connectivity index (χ4v) is 2.51. The minimum Gasteiger partial charge on any atom is -0.369 e. The number of rotatable bonds is 2. The summed E-state index contributed by atoms with van der Waals surface area (Å²) >= 11 is 4.93. The van der Waals surface area contributed by atoms with E-state index in [4.69, 9.17) is 5.73 Å². The third kappa shape index (κ3) is 1.91. The number of thiazole rings is 1. The first kappa shape index (κ1) is 10.7. The molecule has 3 aromatic rings. The van der Waals surface area contributed by atoms with Gasteiger partial charge in [0.05, 0.1) is 17.7 Å². The summed E-state index contributed by atoms with van der Waals surface area (Å²) in [6.45, 7) is 0.598. The smallest absolute Gasteiger partial charge is 0.202 e. The van der Waals surface area contributed by atoms with Crippen LogP contribution < -0.4 is 5.73 Å². The maximum atomic E-state index is 5.89. The standard InChI is InChI=1S/C10H8BrN5S/c11-6-1-8-9(13-2-6)16(10(12)15-8)3-7-4-17-5-14-7/h1-2,4-5H,3H2,(H2,12,15). The van der Waals surface area contributed by atoms with Gasteiger partial charge in [0.1, 0.15) is 5.52 Å². The number of anilines is 1. The normalized spacial score (nSPS) is 11.1. The monoisotopic (exact) mass is 309 g/mol. The number of nitrogen functional groups attached to an aromatic ring is 1. The number of aromatic nitrogens is 4. The van der Waals surface area contributed by atoms with Crippen LogP contribution in [-0.2, 0) is 6.54 Å². The van der Waals surface area contributed by atoms with E-state index in [2.05, 4.69) is 30.9 Å². The van der Waals surface area contributed by atoms with Gasteiger partial charge < -0.3 is 5.73 Å². The lowest BCUT2D eigenvalue weighted by Crippen LogP contribution is -2.05. The summed E-state index contributed by atoms with van der Waals surface area (Å²) < 4.78 is 2.75. The van der Waals surface area contributed by atoms with Crippen LogP contribution in [-0.4, -0.2) is 19.5 Å². The molecule has 0 aliphatic rings. The molecule has 0 unspecified atom stereocenters. The predicted molar refractivity (Wildman–Crippen MR) is 70.9 cm³/mol. The summed E-state index contributed by atoms with van der Waals surface area (Å²) in [6.07, 6.45) is 1.74. The van der Waals surface area contributed by atoms with E-state index < -0.39 is 0 Å². The van der Waals surface area contributed by atoms with Crippen LogP contribution in [0.15, 0.2) is 27.6 Å². The second-order valence-corrected chi connectivity index (χ2v) is 5.17. The highest BCUT2D eigenvalue weighted by molar-refractivity contribution is 9.10. The van der Waals surface area contributed by atoms with E-state index in [1.165, 1.54) is 0 Å². The highest BCUT2D eigenvalue weighted by Crippen LogP contribution is 2.20. The van der Waals surface area contributed by atoms with Gasteiger partial charge in [-0.1, -0.05) is 0 Å². The molecule has 0 radical (unpaired) electrons. The predicted octanol–water partition coefficient (Wildman–Crippen LogP) is 2.28. The first-order chi connectivity index (χ1) is 8.24. The number of nitrogens with zero attached hydrogens (tertiary/aromatic N) is 4. The van der Waals surface area contributed by atoms with E-state index in [9.17, 15) is 0 Å². The van der Waals surface area contributed by atoms with Crippen LogP contribution in [0.3, 0.4) is 0 Å². The Kier molecular flexibility index (Phi) is 2.56. The van der Waals surface area contributed by atoms with Gasteiger partial charge in [-0.05, 0) is 22.0 Å². The molecule has 3 aromatic heterocycles. The quantitative estimate of drug-likeness (QED) is 0.788. The summed E-state index contributed by atoms with van der Waals surface area (Å²) in [4.78, 5) is 12.8. The average molecular weight is 310 g/mol. The van der Waals surface area contributed by atoms with Gasteiger partial charge in [0.2, 0.25) is 5.95 Å². The van der Waals surface area contributed by atoms with E-state index in [1.807, 2.05) is 16.0 Å². The number of pyridine rings is 1. The number of hydrogen-bond donors (Lipinski definition) is 1. The van der Waals surface area contributed by atoms with Gasteiger partial charge in [0.25, 0.3) is 0 Å². The van der Waals surface area contributed by atoms with Crippen molar-refractivity contribution in [3.8, 4) is 0 Å². The van der Waals surface area contributed by atoms with Gasteiger partial charge in [-0.25, -0.2) is 15.0 Å². The van der Waals surface area contributed by atoms with Crippen molar-refractivity contribution in [2.45, 2.75) is 6.54 Å². The van der Waals surface area contributed by atoms with Gasteiger partial charge >= 0.3 is 0 Å². The van der Waals surface area contributed by atoms with Crippen molar-refractivity contribution in [1.29, 1.82) is 0 Å². The van der Waals surface area contributed by atoms with Crippen LogP contribution in [0, 0.1) is 0 Å².